The maximum absolute atomic E-state index is 12.3. The monoisotopic (exact) mass is 556 g/mol. The topological polar surface area (TPSA) is 148 Å². The van der Waals surface area contributed by atoms with Gasteiger partial charge in [0.15, 0.2) is 6.10 Å². The minimum Gasteiger partial charge on any atom is -0.490 e. The predicted octanol–water partition coefficient (Wildman–Crippen LogP) is 2.92. The minimum absolute atomic E-state index is 0.0135. The fourth-order valence-electron chi connectivity index (χ4n) is 2.88. The van der Waals surface area contributed by atoms with E-state index in [9.17, 15) is 19.2 Å². The molecule has 2 aromatic carbocycles. The molecule has 0 radical (unpaired) electrons. The molecule has 2 amide bonds. The minimum atomic E-state index is -0.827. The third-order valence-corrected chi connectivity index (χ3v) is 4.77. The Kier molecular flexibility index (Phi) is 14.3. The smallest absolute Gasteiger partial charge is 0.407 e. The molecule has 0 fully saturated rings. The Balaban J connectivity index is 1.90. The van der Waals surface area contributed by atoms with Gasteiger partial charge >= 0.3 is 24.1 Å². The largest absolute Gasteiger partial charge is 0.490 e. The predicted molar refractivity (Wildman–Crippen MR) is 143 cm³/mol. The molecule has 0 aliphatic heterocycles. The molecule has 214 valence electrons. The number of amides is 2. The second kappa shape index (κ2) is 18.3. The molecule has 2 aromatic rings. The quantitative estimate of drug-likeness (QED) is 0.129. The van der Waals surface area contributed by atoms with Crippen molar-refractivity contribution in [3.63, 3.8) is 0 Å². The van der Waals surface area contributed by atoms with Gasteiger partial charge in [-0.3, -0.25) is 0 Å². The van der Waals surface area contributed by atoms with Gasteiger partial charge in [0.1, 0.15) is 44.5 Å². The van der Waals surface area contributed by atoms with E-state index in [-0.39, 0.29) is 46.1 Å². The first-order chi connectivity index (χ1) is 19.4. The van der Waals surface area contributed by atoms with Gasteiger partial charge in [0.2, 0.25) is 0 Å². The number of nitrogens with one attached hydrogen (secondary N) is 2. The lowest BCUT2D eigenvalue weighted by Gasteiger charge is -2.20. The van der Waals surface area contributed by atoms with Gasteiger partial charge in [0, 0.05) is 17.7 Å². The van der Waals surface area contributed by atoms with Gasteiger partial charge < -0.3 is 39.1 Å². The molecule has 2 N–H and O–H groups in total. The van der Waals surface area contributed by atoms with Crippen LogP contribution in [0.2, 0.25) is 0 Å². The number of para-hydroxylation sites is 2. The summed E-state index contributed by atoms with van der Waals surface area (Å²) in [5.74, 6) is -0.219. The summed E-state index contributed by atoms with van der Waals surface area (Å²) in [6.45, 7) is 6.39. The number of carbonyl (C=O) groups is 4. The van der Waals surface area contributed by atoms with E-state index in [1.165, 1.54) is 0 Å². The first kappa shape index (κ1) is 31.2. The highest BCUT2D eigenvalue weighted by Crippen LogP contribution is 2.20. The van der Waals surface area contributed by atoms with Gasteiger partial charge in [-0.05, 0) is 18.2 Å². The van der Waals surface area contributed by atoms with Crippen LogP contribution in [0.4, 0.5) is 9.59 Å². The average molecular weight is 557 g/mol. The summed E-state index contributed by atoms with van der Waals surface area (Å²) in [6.07, 6.45) is -0.253. The molecule has 12 nitrogen and oxygen atoms in total. The summed E-state index contributed by atoms with van der Waals surface area (Å²) in [5.41, 5.74) is 0.562. The number of hydrogen-bond acceptors (Lipinski definition) is 10. The average Bonchev–Trinajstić information content (AvgIpc) is 2.98. The van der Waals surface area contributed by atoms with Crippen molar-refractivity contribution in [3.8, 4) is 11.5 Å². The standard InChI is InChI=1S/C28H32N2O10/c1-3-25(31)35-16-14-29-27(33)39-18-21-10-8-9-13-24(21)38-20-23(19-37-22-11-6-5-7-12-22)40-28(34)30-15-17-36-26(32)4-2/h3-13,23H,1-2,14-20H2,(H,29,33)(H,30,34). The van der Waals surface area contributed by atoms with Gasteiger partial charge in [-0.1, -0.05) is 49.6 Å². The number of rotatable bonds is 17. The molecule has 0 spiro atoms. The molecular weight excluding hydrogens is 524 g/mol. The molecule has 0 heterocycles. The molecular formula is C28H32N2O10. The molecule has 40 heavy (non-hydrogen) atoms. The highest BCUT2D eigenvalue weighted by atomic mass is 16.6. The van der Waals surface area contributed by atoms with Gasteiger partial charge in [0.25, 0.3) is 0 Å². The van der Waals surface area contributed by atoms with Crippen molar-refractivity contribution in [2.45, 2.75) is 12.7 Å². The van der Waals surface area contributed by atoms with E-state index in [2.05, 4.69) is 23.8 Å². The van der Waals surface area contributed by atoms with Crippen molar-refractivity contribution >= 4 is 24.1 Å². The summed E-state index contributed by atoms with van der Waals surface area (Å²) in [4.78, 5) is 46.4. The van der Waals surface area contributed by atoms with Crippen molar-refractivity contribution in [1.82, 2.24) is 10.6 Å². The number of hydrogen-bond donors (Lipinski definition) is 2. The van der Waals surface area contributed by atoms with Gasteiger partial charge in [0.05, 0.1) is 13.1 Å². The number of carbonyl (C=O) groups excluding carboxylic acids is 4. The van der Waals surface area contributed by atoms with Crippen molar-refractivity contribution in [3.05, 3.63) is 85.5 Å². The lowest BCUT2D eigenvalue weighted by atomic mass is 10.2. The molecule has 1 atom stereocenters. The first-order valence-electron chi connectivity index (χ1n) is 12.2. The van der Waals surface area contributed by atoms with E-state index in [1.54, 1.807) is 48.5 Å². The molecule has 0 aliphatic carbocycles. The zero-order chi connectivity index (χ0) is 29.0. The van der Waals surface area contributed by atoms with E-state index >= 15 is 0 Å². The van der Waals surface area contributed by atoms with Crippen LogP contribution in [-0.2, 0) is 35.1 Å². The SMILES string of the molecule is C=CC(=O)OCCNC(=O)OCc1ccccc1OCC(COc1ccccc1)OC(=O)NCCOC(=O)C=C. The normalized spacial score (nSPS) is 10.7. The van der Waals surface area contributed by atoms with Crippen molar-refractivity contribution in [1.29, 1.82) is 0 Å². The van der Waals surface area contributed by atoms with Crippen LogP contribution in [-0.4, -0.2) is 69.7 Å². The molecule has 0 saturated carbocycles. The van der Waals surface area contributed by atoms with Gasteiger partial charge in [-0.15, -0.1) is 0 Å². The second-order valence-corrected chi connectivity index (χ2v) is 7.74. The Labute approximate surface area is 231 Å². The van der Waals surface area contributed by atoms with Crippen molar-refractivity contribution < 1.29 is 47.6 Å². The Morgan fingerprint density at radius 1 is 0.725 bits per heavy atom. The van der Waals surface area contributed by atoms with Crippen LogP contribution in [0.3, 0.4) is 0 Å². The maximum atomic E-state index is 12.3. The zero-order valence-corrected chi connectivity index (χ0v) is 21.9. The summed E-state index contributed by atoms with van der Waals surface area (Å²) in [5, 5.41) is 4.94. The van der Waals surface area contributed by atoms with E-state index < -0.39 is 30.2 Å². The summed E-state index contributed by atoms with van der Waals surface area (Å²) in [7, 11) is 0. The van der Waals surface area contributed by atoms with Gasteiger partial charge in [-0.2, -0.15) is 0 Å². The zero-order valence-electron chi connectivity index (χ0n) is 21.9. The molecule has 1 unspecified atom stereocenters. The number of benzene rings is 2. The molecule has 0 bridgehead atoms. The number of ether oxygens (including phenoxy) is 6. The van der Waals surface area contributed by atoms with E-state index in [0.717, 1.165) is 12.2 Å². The molecule has 0 saturated heterocycles. The Hall–Kier alpha value is -5.00. The lowest BCUT2D eigenvalue weighted by molar-refractivity contribution is -0.138. The molecule has 12 heteroatoms. The van der Waals surface area contributed by atoms with E-state index in [0.29, 0.717) is 17.1 Å². The van der Waals surface area contributed by atoms with E-state index in [4.69, 9.17) is 28.4 Å². The van der Waals surface area contributed by atoms with Crippen LogP contribution < -0.4 is 20.1 Å². The van der Waals surface area contributed by atoms with Crippen LogP contribution in [0.1, 0.15) is 5.56 Å². The Morgan fingerprint density at radius 3 is 1.95 bits per heavy atom. The summed E-state index contributed by atoms with van der Waals surface area (Å²) >= 11 is 0. The number of alkyl carbamates (subject to hydrolysis) is 2. The number of esters is 2. The molecule has 0 aliphatic rings. The summed E-state index contributed by atoms with van der Waals surface area (Å²) in [6, 6.07) is 15.8. The lowest BCUT2D eigenvalue weighted by Crippen LogP contribution is -2.37. The van der Waals surface area contributed by atoms with Crippen LogP contribution in [0.15, 0.2) is 79.9 Å². The van der Waals surface area contributed by atoms with Crippen LogP contribution >= 0.6 is 0 Å². The van der Waals surface area contributed by atoms with Crippen LogP contribution in [0.25, 0.3) is 0 Å². The molecule has 2 rings (SSSR count). The summed E-state index contributed by atoms with van der Waals surface area (Å²) < 4.78 is 31.9. The van der Waals surface area contributed by atoms with E-state index in [1.807, 2.05) is 6.07 Å². The van der Waals surface area contributed by atoms with Crippen molar-refractivity contribution in [2.24, 2.45) is 0 Å². The fourth-order valence-corrected chi connectivity index (χ4v) is 2.88. The Bertz CT molecular complexity index is 1120. The van der Waals surface area contributed by atoms with Gasteiger partial charge in [-0.25, -0.2) is 19.2 Å². The second-order valence-electron chi connectivity index (χ2n) is 7.74. The Morgan fingerprint density at radius 2 is 1.30 bits per heavy atom. The van der Waals surface area contributed by atoms with Crippen LogP contribution in [0.5, 0.6) is 11.5 Å². The first-order valence-corrected chi connectivity index (χ1v) is 12.2. The van der Waals surface area contributed by atoms with Crippen LogP contribution in [0, 0.1) is 0 Å². The third-order valence-electron chi connectivity index (χ3n) is 4.77. The fraction of sp³-hybridized carbons (Fsp3) is 0.286. The van der Waals surface area contributed by atoms with Crippen molar-refractivity contribution in [2.75, 3.05) is 39.5 Å². The highest BCUT2D eigenvalue weighted by molar-refractivity contribution is 5.81. The maximum Gasteiger partial charge on any atom is 0.407 e. The highest BCUT2D eigenvalue weighted by Gasteiger charge is 2.18. The third kappa shape index (κ3) is 13.0. The molecule has 0 aromatic heterocycles.